The number of aryl methyl sites for hydroxylation is 4. The highest BCUT2D eigenvalue weighted by atomic mass is 15.0. The summed E-state index contributed by atoms with van der Waals surface area (Å²) in [5.41, 5.74) is 6.92. The molecule has 0 amide bonds. The van der Waals surface area contributed by atoms with Gasteiger partial charge < -0.3 is 4.57 Å². The predicted octanol–water partition coefficient (Wildman–Crippen LogP) is 6.42. The number of aromatic nitrogens is 4. The van der Waals surface area contributed by atoms with Crippen molar-refractivity contribution in [3.05, 3.63) is 88.8 Å². The van der Waals surface area contributed by atoms with Gasteiger partial charge in [-0.2, -0.15) is 0 Å². The molecular weight excluding hydrogens is 382 g/mol. The van der Waals surface area contributed by atoms with Crippen LogP contribution in [0.5, 0.6) is 0 Å². The van der Waals surface area contributed by atoms with Crippen LogP contribution < -0.4 is 0 Å². The van der Waals surface area contributed by atoms with E-state index in [1.165, 1.54) is 21.9 Å². The van der Waals surface area contributed by atoms with Gasteiger partial charge in [-0.25, -0.2) is 19.8 Å². The zero-order valence-electron chi connectivity index (χ0n) is 17.9. The second-order valence-corrected chi connectivity index (χ2v) is 7.94. The van der Waals surface area contributed by atoms with Gasteiger partial charge in [0.25, 0.3) is 0 Å². The number of rotatable bonds is 2. The predicted molar refractivity (Wildman–Crippen MR) is 125 cm³/mol. The van der Waals surface area contributed by atoms with Crippen LogP contribution in [0.3, 0.4) is 0 Å². The van der Waals surface area contributed by atoms with Crippen molar-refractivity contribution in [1.82, 2.24) is 19.5 Å². The van der Waals surface area contributed by atoms with Gasteiger partial charge in [-0.15, -0.1) is 0 Å². The average molecular weight is 403 g/mol. The average Bonchev–Trinajstić information content (AvgIpc) is 3.04. The van der Waals surface area contributed by atoms with E-state index in [1.54, 1.807) is 0 Å². The van der Waals surface area contributed by atoms with E-state index >= 15 is 0 Å². The number of hydrogen-bond donors (Lipinski definition) is 0. The van der Waals surface area contributed by atoms with Crippen molar-refractivity contribution >= 4 is 27.5 Å². The fraction of sp³-hybridized carbons (Fsp3) is 0.154. The molecule has 3 aromatic carbocycles. The molecule has 5 rings (SSSR count). The Morgan fingerprint density at radius 1 is 0.710 bits per heavy atom. The highest BCUT2D eigenvalue weighted by molar-refractivity contribution is 6.09. The van der Waals surface area contributed by atoms with Crippen molar-refractivity contribution in [3.8, 4) is 17.1 Å². The van der Waals surface area contributed by atoms with Gasteiger partial charge in [0.2, 0.25) is 0 Å². The van der Waals surface area contributed by atoms with E-state index in [9.17, 15) is 0 Å². The molecule has 0 radical (unpaired) electrons. The van der Waals surface area contributed by atoms with E-state index in [0.717, 1.165) is 22.3 Å². The maximum absolute atomic E-state index is 7.65. The van der Waals surface area contributed by atoms with Crippen molar-refractivity contribution in [2.24, 2.45) is 0 Å². The van der Waals surface area contributed by atoms with E-state index in [2.05, 4.69) is 74.6 Å². The molecule has 0 unspecified atom stereocenters. The lowest BCUT2D eigenvalue weighted by Crippen LogP contribution is -2.00. The summed E-state index contributed by atoms with van der Waals surface area (Å²) in [4.78, 5) is 17.0. The third kappa shape index (κ3) is 3.13. The Kier molecular flexibility index (Phi) is 4.30. The van der Waals surface area contributed by atoms with Crippen molar-refractivity contribution in [2.45, 2.75) is 27.7 Å². The molecule has 5 aromatic rings. The Balaban J connectivity index is 1.86. The number of benzene rings is 3. The highest BCUT2D eigenvalue weighted by Gasteiger charge is 2.16. The number of fused-ring (bicyclic) bond motifs is 3. The molecule has 0 N–H and O–H groups in total. The molecule has 0 spiro atoms. The fourth-order valence-corrected chi connectivity index (χ4v) is 4.19. The summed E-state index contributed by atoms with van der Waals surface area (Å²) in [6.07, 6.45) is 0. The summed E-state index contributed by atoms with van der Waals surface area (Å²) in [6.45, 7) is 15.6. The molecule has 5 heteroatoms. The quantitative estimate of drug-likeness (QED) is 0.320. The van der Waals surface area contributed by atoms with Gasteiger partial charge >= 0.3 is 0 Å². The second-order valence-electron chi connectivity index (χ2n) is 7.94. The minimum atomic E-state index is 0.530. The summed E-state index contributed by atoms with van der Waals surface area (Å²) in [5, 5.41) is 2.42. The van der Waals surface area contributed by atoms with Crippen molar-refractivity contribution < 1.29 is 0 Å². The van der Waals surface area contributed by atoms with Crippen molar-refractivity contribution in [2.75, 3.05) is 0 Å². The molecule has 0 bridgehead atoms. The van der Waals surface area contributed by atoms with Gasteiger partial charge in [-0.3, -0.25) is 0 Å². The lowest BCUT2D eigenvalue weighted by Gasteiger charge is -2.12. The maximum Gasteiger partial charge on any atom is 0.198 e. The van der Waals surface area contributed by atoms with E-state index in [4.69, 9.17) is 6.57 Å². The normalized spacial score (nSPS) is 11.2. The molecule has 0 saturated carbocycles. The third-order valence-electron chi connectivity index (χ3n) is 5.54. The Bertz CT molecular complexity index is 1460. The van der Waals surface area contributed by atoms with Crippen LogP contribution in [0.25, 0.3) is 43.7 Å². The van der Waals surface area contributed by atoms with Crippen LogP contribution in [0.4, 0.5) is 5.69 Å². The van der Waals surface area contributed by atoms with Gasteiger partial charge in [0.05, 0.1) is 17.6 Å². The van der Waals surface area contributed by atoms with Crippen LogP contribution in [0.2, 0.25) is 0 Å². The molecule has 2 aromatic heterocycles. The molecule has 0 fully saturated rings. The summed E-state index contributed by atoms with van der Waals surface area (Å²) in [5.74, 6) is 1.82. The highest BCUT2D eigenvalue weighted by Crippen LogP contribution is 2.36. The molecule has 150 valence electrons. The standard InChI is InChI=1S/C26H21N5/c1-15-6-9-20-21-10-7-16(2)13-25(21)31(24(20)12-15)19-8-11-23(27-5)22(14-19)26-29-17(3)28-18(4)30-26/h6-14H,1-4H3. The molecule has 0 aliphatic rings. The smallest absolute Gasteiger partial charge is 0.198 e. The summed E-state index contributed by atoms with van der Waals surface area (Å²) < 4.78 is 2.27. The van der Waals surface area contributed by atoms with Crippen LogP contribution in [0.1, 0.15) is 22.8 Å². The van der Waals surface area contributed by atoms with Gasteiger partial charge in [0.1, 0.15) is 11.6 Å². The molecule has 0 saturated heterocycles. The monoisotopic (exact) mass is 403 g/mol. The Hall–Kier alpha value is -4.04. The second kappa shape index (κ2) is 7.03. The van der Waals surface area contributed by atoms with Gasteiger partial charge in [0.15, 0.2) is 11.5 Å². The first-order valence-corrected chi connectivity index (χ1v) is 10.2. The summed E-state index contributed by atoms with van der Waals surface area (Å²) in [7, 11) is 0. The minimum Gasteiger partial charge on any atom is -0.309 e. The van der Waals surface area contributed by atoms with E-state index in [1.807, 2.05) is 32.0 Å². The topological polar surface area (TPSA) is 48.0 Å². The first-order valence-electron chi connectivity index (χ1n) is 10.2. The maximum atomic E-state index is 7.65. The Labute approximate surface area is 180 Å². The van der Waals surface area contributed by atoms with E-state index in [0.29, 0.717) is 23.2 Å². The Morgan fingerprint density at radius 3 is 1.84 bits per heavy atom. The molecule has 0 aliphatic heterocycles. The van der Waals surface area contributed by atoms with Gasteiger partial charge in [-0.1, -0.05) is 30.3 Å². The van der Waals surface area contributed by atoms with Crippen molar-refractivity contribution in [3.63, 3.8) is 0 Å². The molecule has 0 atom stereocenters. The van der Waals surface area contributed by atoms with Crippen LogP contribution >= 0.6 is 0 Å². The van der Waals surface area contributed by atoms with Crippen LogP contribution in [0, 0.1) is 34.3 Å². The first kappa shape index (κ1) is 19.0. The lowest BCUT2D eigenvalue weighted by atomic mass is 10.1. The van der Waals surface area contributed by atoms with Crippen LogP contribution in [0.15, 0.2) is 54.6 Å². The molecule has 5 nitrogen and oxygen atoms in total. The zero-order valence-corrected chi connectivity index (χ0v) is 17.9. The molecule has 31 heavy (non-hydrogen) atoms. The lowest BCUT2D eigenvalue weighted by molar-refractivity contribution is 0.929. The van der Waals surface area contributed by atoms with Gasteiger partial charge in [0, 0.05) is 22.0 Å². The third-order valence-corrected chi connectivity index (χ3v) is 5.54. The minimum absolute atomic E-state index is 0.530. The van der Waals surface area contributed by atoms with E-state index in [-0.39, 0.29) is 0 Å². The largest absolute Gasteiger partial charge is 0.309 e. The summed E-state index contributed by atoms with van der Waals surface area (Å²) in [6, 6.07) is 19.0. The first-order chi connectivity index (χ1) is 14.9. The summed E-state index contributed by atoms with van der Waals surface area (Å²) >= 11 is 0. The number of nitrogens with zero attached hydrogens (tertiary/aromatic N) is 5. The SMILES string of the molecule is [C-]#[N+]c1ccc(-n2c3cc(C)ccc3c3ccc(C)cc32)cc1-c1nc(C)nc(C)n1. The van der Waals surface area contributed by atoms with E-state index < -0.39 is 0 Å². The molecule has 0 aliphatic carbocycles. The van der Waals surface area contributed by atoms with Crippen molar-refractivity contribution in [1.29, 1.82) is 0 Å². The van der Waals surface area contributed by atoms with Gasteiger partial charge in [-0.05, 0) is 63.1 Å². The van der Waals surface area contributed by atoms with Crippen LogP contribution in [-0.4, -0.2) is 19.5 Å². The zero-order chi connectivity index (χ0) is 21.7. The number of hydrogen-bond acceptors (Lipinski definition) is 3. The molecule has 2 heterocycles. The Morgan fingerprint density at radius 2 is 1.29 bits per heavy atom. The van der Waals surface area contributed by atoms with Crippen LogP contribution in [-0.2, 0) is 0 Å². The molecular formula is C26H21N5. The fourth-order valence-electron chi connectivity index (χ4n) is 4.19.